The van der Waals surface area contributed by atoms with E-state index in [1.165, 1.54) is 0 Å². The topological polar surface area (TPSA) is 69.4 Å². The van der Waals surface area contributed by atoms with Crippen LogP contribution in [0.3, 0.4) is 0 Å². The molecule has 0 amide bonds. The van der Waals surface area contributed by atoms with Gasteiger partial charge < -0.3 is 9.30 Å². The van der Waals surface area contributed by atoms with Crippen LogP contribution in [0.15, 0.2) is 52.2 Å². The van der Waals surface area contributed by atoms with Crippen molar-refractivity contribution in [1.82, 2.24) is 19.0 Å². The van der Waals surface area contributed by atoms with E-state index in [1.54, 1.807) is 35.6 Å². The summed E-state index contributed by atoms with van der Waals surface area (Å²) < 4.78 is 8.57. The monoisotopic (exact) mass is 394 g/mol. The van der Waals surface area contributed by atoms with Crippen molar-refractivity contribution in [2.45, 2.75) is 32.0 Å². The van der Waals surface area contributed by atoms with E-state index in [0.717, 1.165) is 36.3 Å². The molecule has 4 rings (SSSR count). The second-order valence-corrected chi connectivity index (χ2v) is 7.55. The van der Waals surface area contributed by atoms with E-state index in [-0.39, 0.29) is 17.2 Å². The Labute approximate surface area is 169 Å². The first-order valence-corrected chi connectivity index (χ1v) is 9.96. The molecule has 29 heavy (non-hydrogen) atoms. The molecule has 7 heteroatoms. The number of nitrogens with zero attached hydrogens (tertiary/aromatic N) is 4. The Morgan fingerprint density at radius 1 is 1.21 bits per heavy atom. The number of ether oxygens (including phenoxy) is 1. The predicted molar refractivity (Wildman–Crippen MR) is 112 cm³/mol. The smallest absolute Gasteiger partial charge is 0.261 e. The Hall–Kier alpha value is -2.77. The Kier molecular flexibility index (Phi) is 5.60. The van der Waals surface area contributed by atoms with Gasteiger partial charge in [-0.05, 0) is 43.1 Å². The molecule has 1 aliphatic rings. The number of methoxy groups -OCH3 is 1. The van der Waals surface area contributed by atoms with Crippen molar-refractivity contribution in [3.8, 4) is 0 Å². The lowest BCUT2D eigenvalue weighted by atomic mass is 10.1. The molecule has 3 aromatic rings. The minimum Gasteiger partial charge on any atom is -0.383 e. The van der Waals surface area contributed by atoms with E-state index in [0.29, 0.717) is 25.1 Å². The van der Waals surface area contributed by atoms with Gasteiger partial charge in [-0.25, -0.2) is 4.98 Å². The molecule has 1 saturated heterocycles. The van der Waals surface area contributed by atoms with Crippen molar-refractivity contribution >= 4 is 10.9 Å². The highest BCUT2D eigenvalue weighted by atomic mass is 16.5. The minimum absolute atomic E-state index is 0.0147. The van der Waals surface area contributed by atoms with Crippen LogP contribution in [0.25, 0.3) is 10.9 Å². The second-order valence-electron chi connectivity index (χ2n) is 7.55. The zero-order valence-corrected chi connectivity index (χ0v) is 16.9. The lowest BCUT2D eigenvalue weighted by molar-refractivity contribution is 0.178. The van der Waals surface area contributed by atoms with Gasteiger partial charge in [-0.1, -0.05) is 12.1 Å². The van der Waals surface area contributed by atoms with Gasteiger partial charge in [0.15, 0.2) is 0 Å². The Morgan fingerprint density at radius 3 is 2.83 bits per heavy atom. The standard InChI is InChI=1S/C22H26N4O3/c1-24-11-9-16(14-20(24)27)15-25-10-5-8-19(25)21-23-18-7-4-3-6-17(18)22(28)26(21)12-13-29-2/h3-4,6-7,9,11,14,19H,5,8,10,12-13,15H2,1-2H3. The maximum absolute atomic E-state index is 13.2. The highest BCUT2D eigenvalue weighted by Gasteiger charge is 2.30. The van der Waals surface area contributed by atoms with Gasteiger partial charge in [0.2, 0.25) is 0 Å². The van der Waals surface area contributed by atoms with E-state index in [1.807, 2.05) is 30.3 Å². The van der Waals surface area contributed by atoms with Crippen molar-refractivity contribution in [3.63, 3.8) is 0 Å². The van der Waals surface area contributed by atoms with Gasteiger partial charge in [0.05, 0.1) is 30.1 Å². The molecule has 1 aromatic carbocycles. The summed E-state index contributed by atoms with van der Waals surface area (Å²) >= 11 is 0. The number of fused-ring (bicyclic) bond motifs is 1. The van der Waals surface area contributed by atoms with Gasteiger partial charge in [-0.15, -0.1) is 0 Å². The van der Waals surface area contributed by atoms with E-state index in [4.69, 9.17) is 9.72 Å². The van der Waals surface area contributed by atoms with E-state index >= 15 is 0 Å². The third kappa shape index (κ3) is 3.88. The first-order valence-electron chi connectivity index (χ1n) is 9.96. The highest BCUT2D eigenvalue weighted by molar-refractivity contribution is 5.77. The van der Waals surface area contributed by atoms with Crippen molar-refractivity contribution in [2.75, 3.05) is 20.3 Å². The number of aromatic nitrogens is 3. The fraction of sp³-hybridized carbons (Fsp3) is 0.409. The summed E-state index contributed by atoms with van der Waals surface area (Å²) in [7, 11) is 3.38. The average molecular weight is 394 g/mol. The van der Waals surface area contributed by atoms with Crippen molar-refractivity contribution < 1.29 is 4.74 Å². The first-order chi connectivity index (χ1) is 14.1. The maximum atomic E-state index is 13.2. The van der Waals surface area contributed by atoms with E-state index in [9.17, 15) is 9.59 Å². The fourth-order valence-electron chi connectivity index (χ4n) is 4.07. The summed E-state index contributed by atoms with van der Waals surface area (Å²) in [6.07, 6.45) is 3.76. The summed E-state index contributed by atoms with van der Waals surface area (Å²) in [5.74, 6) is 0.784. The first kappa shape index (κ1) is 19.5. The van der Waals surface area contributed by atoms with Crippen molar-refractivity contribution in [2.24, 2.45) is 7.05 Å². The predicted octanol–water partition coefficient (Wildman–Crippen LogP) is 2.08. The number of hydrogen-bond donors (Lipinski definition) is 0. The molecule has 0 radical (unpaired) electrons. The van der Waals surface area contributed by atoms with E-state index < -0.39 is 0 Å². The normalized spacial score (nSPS) is 17.2. The van der Waals surface area contributed by atoms with Crippen LogP contribution in [0, 0.1) is 0 Å². The molecular weight excluding hydrogens is 368 g/mol. The summed E-state index contributed by atoms with van der Waals surface area (Å²) in [5.41, 5.74) is 1.66. The summed E-state index contributed by atoms with van der Waals surface area (Å²) in [5, 5.41) is 0.628. The molecule has 7 nitrogen and oxygen atoms in total. The van der Waals surface area contributed by atoms with Gasteiger partial charge in [0, 0.05) is 33.0 Å². The molecule has 0 saturated carbocycles. The van der Waals surface area contributed by atoms with Gasteiger partial charge in [0.25, 0.3) is 11.1 Å². The quantitative estimate of drug-likeness (QED) is 0.640. The number of para-hydroxylation sites is 1. The zero-order valence-electron chi connectivity index (χ0n) is 16.9. The molecule has 0 bridgehead atoms. The van der Waals surface area contributed by atoms with Crippen LogP contribution in [0.5, 0.6) is 0 Å². The molecule has 1 atom stereocenters. The number of pyridine rings is 1. The van der Waals surface area contributed by atoms with Crippen LogP contribution >= 0.6 is 0 Å². The molecule has 1 fully saturated rings. The van der Waals surface area contributed by atoms with Gasteiger partial charge in [-0.2, -0.15) is 0 Å². The Bertz CT molecular complexity index is 1130. The molecule has 0 aliphatic carbocycles. The molecule has 0 N–H and O–H groups in total. The third-order valence-corrected chi connectivity index (χ3v) is 5.63. The second kappa shape index (κ2) is 8.31. The zero-order chi connectivity index (χ0) is 20.4. The van der Waals surface area contributed by atoms with Crippen LogP contribution in [0.4, 0.5) is 0 Å². The third-order valence-electron chi connectivity index (χ3n) is 5.63. The summed E-state index contributed by atoms with van der Waals surface area (Å²) in [6.45, 7) is 2.49. The fourth-order valence-corrected chi connectivity index (χ4v) is 4.07. The highest BCUT2D eigenvalue weighted by Crippen LogP contribution is 2.32. The summed E-state index contributed by atoms with van der Waals surface area (Å²) in [6, 6.07) is 11.2. The minimum atomic E-state index is -0.0249. The number of likely N-dealkylation sites (tertiary alicyclic amines) is 1. The maximum Gasteiger partial charge on any atom is 0.261 e. The van der Waals surface area contributed by atoms with Crippen LogP contribution in [0.1, 0.15) is 30.3 Å². The molecule has 152 valence electrons. The van der Waals surface area contributed by atoms with Gasteiger partial charge in [0.1, 0.15) is 5.82 Å². The SMILES string of the molecule is COCCn1c(C2CCCN2Cc2ccn(C)c(=O)c2)nc2ccccc2c1=O. The number of benzene rings is 1. The largest absolute Gasteiger partial charge is 0.383 e. The van der Waals surface area contributed by atoms with Crippen LogP contribution in [-0.4, -0.2) is 39.3 Å². The molecule has 2 aromatic heterocycles. The number of rotatable bonds is 6. The summed E-state index contributed by atoms with van der Waals surface area (Å²) in [4.78, 5) is 32.4. The van der Waals surface area contributed by atoms with Gasteiger partial charge >= 0.3 is 0 Å². The van der Waals surface area contributed by atoms with Crippen molar-refractivity contribution in [1.29, 1.82) is 0 Å². The molecular formula is C22H26N4O3. The number of hydrogen-bond acceptors (Lipinski definition) is 5. The van der Waals surface area contributed by atoms with Crippen LogP contribution in [0.2, 0.25) is 0 Å². The van der Waals surface area contributed by atoms with Crippen molar-refractivity contribution in [3.05, 3.63) is 74.7 Å². The molecule has 1 aliphatic heterocycles. The molecule has 1 unspecified atom stereocenters. The Morgan fingerprint density at radius 2 is 2.03 bits per heavy atom. The van der Waals surface area contributed by atoms with Crippen LogP contribution < -0.4 is 11.1 Å². The number of aryl methyl sites for hydroxylation is 1. The van der Waals surface area contributed by atoms with E-state index in [2.05, 4.69) is 4.90 Å². The lowest BCUT2D eigenvalue weighted by Crippen LogP contribution is -2.33. The van der Waals surface area contributed by atoms with Gasteiger partial charge in [-0.3, -0.25) is 19.1 Å². The average Bonchev–Trinajstić information content (AvgIpc) is 3.18. The lowest BCUT2D eigenvalue weighted by Gasteiger charge is -2.26. The molecule has 3 heterocycles. The Balaban J connectivity index is 1.74. The molecule has 0 spiro atoms. The van der Waals surface area contributed by atoms with Crippen LogP contribution in [-0.2, 0) is 24.9 Å².